The fourth-order valence-electron chi connectivity index (χ4n) is 2.25. The van der Waals surface area contributed by atoms with E-state index < -0.39 is 0 Å². The molecule has 0 bridgehead atoms. The molecule has 0 saturated carbocycles. The molecule has 2 rings (SSSR count). The summed E-state index contributed by atoms with van der Waals surface area (Å²) in [5.74, 6) is 0. The smallest absolute Gasteiger partial charge is 0.0401 e. The van der Waals surface area contributed by atoms with Crippen molar-refractivity contribution in [1.82, 2.24) is 0 Å². The summed E-state index contributed by atoms with van der Waals surface area (Å²) < 4.78 is 0. The van der Waals surface area contributed by atoms with E-state index in [1.165, 1.54) is 42.0 Å². The number of unbranched alkanes of at least 4 members (excludes halogenated alkanes) is 2. The molecule has 1 heteroatoms. The Labute approximate surface area is 112 Å². The summed E-state index contributed by atoms with van der Waals surface area (Å²) in [4.78, 5) is 0.486. The van der Waals surface area contributed by atoms with Crippen molar-refractivity contribution in [3.63, 3.8) is 0 Å². The van der Waals surface area contributed by atoms with Gasteiger partial charge in [-0.25, -0.2) is 0 Å². The molecule has 1 atom stereocenters. The number of hydrogen-bond donors (Lipinski definition) is 0. The zero-order valence-corrected chi connectivity index (χ0v) is 11.9. The van der Waals surface area contributed by atoms with Gasteiger partial charge >= 0.3 is 0 Å². The molecule has 0 spiro atoms. The Morgan fingerprint density at radius 1 is 1.00 bits per heavy atom. The molecule has 0 aliphatic rings. The molecule has 17 heavy (non-hydrogen) atoms. The third-order valence-corrected chi connectivity index (χ3v) is 4.17. The minimum Gasteiger partial charge on any atom is -0.0839 e. The van der Waals surface area contributed by atoms with Crippen molar-refractivity contribution in [2.45, 2.75) is 37.4 Å². The summed E-state index contributed by atoms with van der Waals surface area (Å²) in [6.07, 6.45) is 5.14. The summed E-state index contributed by atoms with van der Waals surface area (Å²) in [5, 5.41) is 2.72. The van der Waals surface area contributed by atoms with Crippen molar-refractivity contribution >= 4 is 26.7 Å². The van der Waals surface area contributed by atoms with Gasteiger partial charge in [-0.2, -0.15) is 0 Å². The van der Waals surface area contributed by atoms with Crippen LogP contribution in [0.2, 0.25) is 0 Å². The average molecular weight is 291 g/mol. The molecular formula is C16H19Br. The second kappa shape index (κ2) is 6.20. The van der Waals surface area contributed by atoms with E-state index in [1.807, 2.05) is 0 Å². The van der Waals surface area contributed by atoms with Gasteiger partial charge in [-0.1, -0.05) is 84.6 Å². The summed E-state index contributed by atoms with van der Waals surface area (Å²) in [5.41, 5.74) is 1.43. The lowest BCUT2D eigenvalue weighted by atomic mass is 9.99. The number of rotatable bonds is 5. The second-order valence-electron chi connectivity index (χ2n) is 4.53. The van der Waals surface area contributed by atoms with E-state index in [0.717, 1.165) is 0 Å². The highest BCUT2D eigenvalue weighted by Crippen LogP contribution is 2.33. The number of benzene rings is 2. The predicted molar refractivity (Wildman–Crippen MR) is 79.8 cm³/mol. The first-order chi connectivity index (χ1) is 8.33. The van der Waals surface area contributed by atoms with E-state index in [2.05, 4.69) is 65.3 Å². The molecule has 0 fully saturated rings. The number of hydrogen-bond acceptors (Lipinski definition) is 0. The zero-order valence-electron chi connectivity index (χ0n) is 10.3. The fraction of sp³-hybridized carbons (Fsp3) is 0.375. The molecule has 0 aliphatic carbocycles. The Hall–Kier alpha value is -0.820. The van der Waals surface area contributed by atoms with Crippen molar-refractivity contribution < 1.29 is 0 Å². The lowest BCUT2D eigenvalue weighted by Gasteiger charge is -2.12. The first-order valence-corrected chi connectivity index (χ1v) is 7.36. The van der Waals surface area contributed by atoms with Crippen LogP contribution in [0.4, 0.5) is 0 Å². The van der Waals surface area contributed by atoms with Crippen LogP contribution in [0.3, 0.4) is 0 Å². The number of alkyl halides is 1. The summed E-state index contributed by atoms with van der Waals surface area (Å²) in [6, 6.07) is 15.2. The summed E-state index contributed by atoms with van der Waals surface area (Å²) in [7, 11) is 0. The van der Waals surface area contributed by atoms with Crippen LogP contribution in [-0.2, 0) is 0 Å². The van der Waals surface area contributed by atoms with Gasteiger partial charge in [0, 0.05) is 4.83 Å². The topological polar surface area (TPSA) is 0 Å². The lowest BCUT2D eigenvalue weighted by molar-refractivity contribution is 0.665. The maximum Gasteiger partial charge on any atom is 0.0401 e. The molecule has 2 aromatic carbocycles. The van der Waals surface area contributed by atoms with Crippen molar-refractivity contribution in [2.24, 2.45) is 0 Å². The maximum atomic E-state index is 3.84. The molecule has 90 valence electrons. The van der Waals surface area contributed by atoms with E-state index in [1.54, 1.807) is 0 Å². The van der Waals surface area contributed by atoms with Crippen molar-refractivity contribution in [2.75, 3.05) is 0 Å². The van der Waals surface area contributed by atoms with Crippen LogP contribution in [0, 0.1) is 0 Å². The van der Waals surface area contributed by atoms with Gasteiger partial charge in [0.05, 0.1) is 0 Å². The molecule has 2 aromatic rings. The maximum absolute atomic E-state index is 3.84. The van der Waals surface area contributed by atoms with Gasteiger partial charge < -0.3 is 0 Å². The highest BCUT2D eigenvalue weighted by atomic mass is 79.9. The molecule has 0 radical (unpaired) electrons. The Morgan fingerprint density at radius 3 is 2.59 bits per heavy atom. The van der Waals surface area contributed by atoms with E-state index in [4.69, 9.17) is 0 Å². The number of halogens is 1. The average Bonchev–Trinajstić information content (AvgIpc) is 2.38. The molecule has 0 aliphatic heterocycles. The largest absolute Gasteiger partial charge is 0.0839 e. The lowest BCUT2D eigenvalue weighted by Crippen LogP contribution is -1.92. The highest BCUT2D eigenvalue weighted by molar-refractivity contribution is 9.09. The normalized spacial score (nSPS) is 12.8. The van der Waals surface area contributed by atoms with Crippen LogP contribution >= 0.6 is 15.9 Å². The van der Waals surface area contributed by atoms with E-state index >= 15 is 0 Å². The third-order valence-electron chi connectivity index (χ3n) is 3.22. The van der Waals surface area contributed by atoms with Crippen molar-refractivity contribution in [3.05, 3.63) is 48.0 Å². The molecule has 0 aromatic heterocycles. The van der Waals surface area contributed by atoms with E-state index in [-0.39, 0.29) is 0 Å². The van der Waals surface area contributed by atoms with Crippen LogP contribution in [0.1, 0.15) is 43.0 Å². The van der Waals surface area contributed by atoms with Gasteiger partial charge in [-0.15, -0.1) is 0 Å². The molecule has 1 unspecified atom stereocenters. The molecular weight excluding hydrogens is 272 g/mol. The standard InChI is InChI=1S/C16H19Br/c1-2-3-4-12-16(17)15-11-7-9-13-8-5-6-10-14(13)15/h5-11,16H,2-4,12H2,1H3. The quantitative estimate of drug-likeness (QED) is 0.478. The van der Waals surface area contributed by atoms with Crippen LogP contribution in [0.25, 0.3) is 10.8 Å². The zero-order chi connectivity index (χ0) is 12.1. The second-order valence-corrected chi connectivity index (χ2v) is 5.64. The van der Waals surface area contributed by atoms with Crippen LogP contribution < -0.4 is 0 Å². The first kappa shape index (κ1) is 12.6. The van der Waals surface area contributed by atoms with Crippen LogP contribution in [0.5, 0.6) is 0 Å². The molecule has 0 N–H and O–H groups in total. The van der Waals surface area contributed by atoms with Gasteiger partial charge in [-0.3, -0.25) is 0 Å². The van der Waals surface area contributed by atoms with Gasteiger partial charge in [0.15, 0.2) is 0 Å². The molecule has 0 saturated heterocycles. The van der Waals surface area contributed by atoms with Gasteiger partial charge in [-0.05, 0) is 22.8 Å². The summed E-state index contributed by atoms with van der Waals surface area (Å²) >= 11 is 3.84. The van der Waals surface area contributed by atoms with Gasteiger partial charge in [0.25, 0.3) is 0 Å². The highest BCUT2D eigenvalue weighted by Gasteiger charge is 2.09. The Morgan fingerprint density at radius 2 is 1.76 bits per heavy atom. The van der Waals surface area contributed by atoms with E-state index in [9.17, 15) is 0 Å². The van der Waals surface area contributed by atoms with Gasteiger partial charge in [0.2, 0.25) is 0 Å². The van der Waals surface area contributed by atoms with Crippen molar-refractivity contribution in [3.8, 4) is 0 Å². The Kier molecular flexibility index (Phi) is 4.61. The molecule has 0 amide bonds. The van der Waals surface area contributed by atoms with Crippen molar-refractivity contribution in [1.29, 1.82) is 0 Å². The molecule has 0 nitrogen and oxygen atoms in total. The monoisotopic (exact) mass is 290 g/mol. The number of fused-ring (bicyclic) bond motifs is 1. The Balaban J connectivity index is 2.22. The Bertz CT molecular complexity index is 470. The third kappa shape index (κ3) is 3.10. The summed E-state index contributed by atoms with van der Waals surface area (Å²) in [6.45, 7) is 2.25. The predicted octanol–water partition coefficient (Wildman–Crippen LogP) is 5.86. The molecule has 0 heterocycles. The van der Waals surface area contributed by atoms with Crippen LogP contribution in [-0.4, -0.2) is 0 Å². The first-order valence-electron chi connectivity index (χ1n) is 6.44. The van der Waals surface area contributed by atoms with Crippen LogP contribution in [0.15, 0.2) is 42.5 Å². The minimum atomic E-state index is 0.486. The van der Waals surface area contributed by atoms with Gasteiger partial charge in [0.1, 0.15) is 0 Å². The minimum absolute atomic E-state index is 0.486. The SMILES string of the molecule is CCCCCC(Br)c1cccc2ccccc12. The van der Waals surface area contributed by atoms with E-state index in [0.29, 0.717) is 4.83 Å². The fourth-order valence-corrected chi connectivity index (χ4v) is 2.98.